The average molecular weight is 280 g/mol. The van der Waals surface area contributed by atoms with Gasteiger partial charge >= 0.3 is 0 Å². The second-order valence-corrected chi connectivity index (χ2v) is 6.00. The fraction of sp³-hybridized carbons (Fsp3) is 0.400. The largest absolute Gasteiger partial charge is 0.496 e. The highest BCUT2D eigenvalue weighted by atomic mass is 16.5. The van der Waals surface area contributed by atoms with Gasteiger partial charge in [0, 0.05) is 0 Å². The minimum absolute atomic E-state index is 0.575. The van der Waals surface area contributed by atoms with Gasteiger partial charge in [0.15, 0.2) is 0 Å². The molecule has 0 saturated heterocycles. The van der Waals surface area contributed by atoms with Crippen molar-refractivity contribution < 1.29 is 4.74 Å². The zero-order valence-electron chi connectivity index (χ0n) is 12.8. The number of hydrogen-bond donors (Lipinski definition) is 0. The summed E-state index contributed by atoms with van der Waals surface area (Å²) in [6.45, 7) is 0. The lowest BCUT2D eigenvalue weighted by molar-refractivity contribution is 0.396. The van der Waals surface area contributed by atoms with E-state index in [4.69, 9.17) is 4.74 Å². The molecule has 2 atom stereocenters. The van der Waals surface area contributed by atoms with Crippen molar-refractivity contribution in [2.75, 3.05) is 7.11 Å². The van der Waals surface area contributed by atoms with Crippen LogP contribution in [0.4, 0.5) is 0 Å². The van der Waals surface area contributed by atoms with Crippen LogP contribution in [0.3, 0.4) is 0 Å². The van der Waals surface area contributed by atoms with Crippen molar-refractivity contribution in [1.82, 2.24) is 0 Å². The second-order valence-electron chi connectivity index (χ2n) is 6.00. The number of rotatable bonds is 3. The standard InChI is InChI=1S/C20H24O/c1-21-20-15-9-8-14-19(20)18-13-7-3-6-12-17(18)16-10-4-2-5-11-16/h2,4-5,8-11,14-15,17-18H,3,6-7,12-13H2,1H3/t17-,18-/m0/s1. The second kappa shape index (κ2) is 6.80. The SMILES string of the molecule is COc1ccccc1[C@H]1CCCCC[C@H]1c1ccccc1. The van der Waals surface area contributed by atoms with Gasteiger partial charge in [0.25, 0.3) is 0 Å². The maximum Gasteiger partial charge on any atom is 0.122 e. The molecule has 2 aromatic rings. The maximum atomic E-state index is 5.62. The van der Waals surface area contributed by atoms with Crippen LogP contribution < -0.4 is 4.74 Å². The van der Waals surface area contributed by atoms with Crippen LogP contribution in [0, 0.1) is 0 Å². The number of methoxy groups -OCH3 is 1. The molecule has 0 N–H and O–H groups in total. The molecule has 1 fully saturated rings. The van der Waals surface area contributed by atoms with Crippen molar-refractivity contribution in [3.63, 3.8) is 0 Å². The van der Waals surface area contributed by atoms with Crippen molar-refractivity contribution in [2.24, 2.45) is 0 Å². The first kappa shape index (κ1) is 14.2. The molecule has 0 heterocycles. The molecule has 1 aliphatic carbocycles. The van der Waals surface area contributed by atoms with Gasteiger partial charge in [-0.3, -0.25) is 0 Å². The number of ether oxygens (including phenoxy) is 1. The van der Waals surface area contributed by atoms with Gasteiger partial charge in [0.2, 0.25) is 0 Å². The lowest BCUT2D eigenvalue weighted by Crippen LogP contribution is -2.11. The monoisotopic (exact) mass is 280 g/mol. The van der Waals surface area contributed by atoms with E-state index < -0.39 is 0 Å². The fourth-order valence-corrected chi connectivity index (χ4v) is 3.75. The van der Waals surface area contributed by atoms with Crippen molar-refractivity contribution in [2.45, 2.75) is 43.9 Å². The Morgan fingerprint density at radius 1 is 0.762 bits per heavy atom. The average Bonchev–Trinajstić information content (AvgIpc) is 2.81. The first-order valence-electron chi connectivity index (χ1n) is 8.08. The third-order valence-corrected chi connectivity index (χ3v) is 4.78. The summed E-state index contributed by atoms with van der Waals surface area (Å²) in [5.41, 5.74) is 2.87. The molecule has 0 aliphatic heterocycles. The highest BCUT2D eigenvalue weighted by molar-refractivity contribution is 5.39. The summed E-state index contributed by atoms with van der Waals surface area (Å²) in [7, 11) is 1.78. The molecule has 0 bridgehead atoms. The van der Waals surface area contributed by atoms with Gasteiger partial charge in [-0.25, -0.2) is 0 Å². The van der Waals surface area contributed by atoms with Gasteiger partial charge in [-0.1, -0.05) is 67.8 Å². The van der Waals surface area contributed by atoms with E-state index in [0.717, 1.165) is 5.75 Å². The Morgan fingerprint density at radius 2 is 1.43 bits per heavy atom. The lowest BCUT2D eigenvalue weighted by Gasteiger charge is -2.27. The van der Waals surface area contributed by atoms with E-state index in [1.165, 1.54) is 43.2 Å². The summed E-state index contributed by atoms with van der Waals surface area (Å²) in [5.74, 6) is 2.24. The molecular weight excluding hydrogens is 256 g/mol. The molecule has 0 unspecified atom stereocenters. The highest BCUT2D eigenvalue weighted by Crippen LogP contribution is 2.45. The van der Waals surface area contributed by atoms with Gasteiger partial charge in [-0.15, -0.1) is 0 Å². The molecule has 110 valence electrons. The van der Waals surface area contributed by atoms with Crippen LogP contribution in [0.2, 0.25) is 0 Å². The molecule has 1 aliphatic rings. The summed E-state index contributed by atoms with van der Waals surface area (Å²) >= 11 is 0. The third kappa shape index (κ3) is 3.12. The first-order chi connectivity index (χ1) is 10.4. The molecule has 0 amide bonds. The number of hydrogen-bond acceptors (Lipinski definition) is 1. The van der Waals surface area contributed by atoms with Crippen LogP contribution in [0.1, 0.15) is 55.1 Å². The van der Waals surface area contributed by atoms with Crippen LogP contribution in [-0.2, 0) is 0 Å². The van der Waals surface area contributed by atoms with Crippen molar-refractivity contribution >= 4 is 0 Å². The Labute approximate surface area is 128 Å². The Kier molecular flexibility index (Phi) is 4.59. The van der Waals surface area contributed by atoms with Crippen LogP contribution in [0.5, 0.6) is 5.75 Å². The molecule has 2 aromatic carbocycles. The quantitative estimate of drug-likeness (QED) is 0.672. The Hall–Kier alpha value is -1.76. The molecule has 1 heteroatoms. The van der Waals surface area contributed by atoms with E-state index in [0.29, 0.717) is 11.8 Å². The van der Waals surface area contributed by atoms with Crippen LogP contribution in [-0.4, -0.2) is 7.11 Å². The third-order valence-electron chi connectivity index (χ3n) is 4.78. The summed E-state index contributed by atoms with van der Waals surface area (Å²) in [4.78, 5) is 0. The molecule has 0 spiro atoms. The van der Waals surface area contributed by atoms with E-state index in [-0.39, 0.29) is 0 Å². The molecule has 0 radical (unpaired) electrons. The van der Waals surface area contributed by atoms with Crippen molar-refractivity contribution in [3.05, 3.63) is 65.7 Å². The van der Waals surface area contributed by atoms with Crippen LogP contribution >= 0.6 is 0 Å². The topological polar surface area (TPSA) is 9.23 Å². The number of para-hydroxylation sites is 1. The highest BCUT2D eigenvalue weighted by Gasteiger charge is 2.28. The molecule has 1 saturated carbocycles. The molecule has 3 rings (SSSR count). The maximum absolute atomic E-state index is 5.62. The van der Waals surface area contributed by atoms with E-state index in [9.17, 15) is 0 Å². The lowest BCUT2D eigenvalue weighted by atomic mass is 9.78. The summed E-state index contributed by atoms with van der Waals surface area (Å²) in [6, 6.07) is 19.6. The zero-order chi connectivity index (χ0) is 14.5. The van der Waals surface area contributed by atoms with Gasteiger partial charge in [0.1, 0.15) is 5.75 Å². The predicted octanol–water partition coefficient (Wildman–Crippen LogP) is 5.53. The molecular formula is C20H24O. The van der Waals surface area contributed by atoms with Crippen LogP contribution in [0.25, 0.3) is 0 Å². The zero-order valence-corrected chi connectivity index (χ0v) is 12.8. The first-order valence-corrected chi connectivity index (χ1v) is 8.08. The van der Waals surface area contributed by atoms with E-state index >= 15 is 0 Å². The molecule has 21 heavy (non-hydrogen) atoms. The summed E-state index contributed by atoms with van der Waals surface area (Å²) in [5, 5.41) is 0. The van der Waals surface area contributed by atoms with Gasteiger partial charge < -0.3 is 4.74 Å². The summed E-state index contributed by atoms with van der Waals surface area (Å²) < 4.78 is 5.62. The minimum atomic E-state index is 0.575. The smallest absolute Gasteiger partial charge is 0.122 e. The molecule has 0 aromatic heterocycles. The van der Waals surface area contributed by atoms with Crippen LogP contribution in [0.15, 0.2) is 54.6 Å². The normalized spacial score (nSPS) is 22.5. The predicted molar refractivity (Wildman–Crippen MR) is 88.0 cm³/mol. The Morgan fingerprint density at radius 3 is 2.19 bits per heavy atom. The Balaban J connectivity index is 1.99. The van der Waals surface area contributed by atoms with Gasteiger partial charge in [0.05, 0.1) is 7.11 Å². The van der Waals surface area contributed by atoms with Crippen molar-refractivity contribution in [3.8, 4) is 5.75 Å². The van der Waals surface area contributed by atoms with E-state index in [1.54, 1.807) is 7.11 Å². The van der Waals surface area contributed by atoms with E-state index in [2.05, 4.69) is 54.6 Å². The number of benzene rings is 2. The van der Waals surface area contributed by atoms with Gasteiger partial charge in [-0.05, 0) is 41.9 Å². The van der Waals surface area contributed by atoms with E-state index in [1.807, 2.05) is 0 Å². The van der Waals surface area contributed by atoms with Gasteiger partial charge in [-0.2, -0.15) is 0 Å². The molecule has 1 nitrogen and oxygen atoms in total. The summed E-state index contributed by atoms with van der Waals surface area (Å²) in [6.07, 6.45) is 6.57. The fourth-order valence-electron chi connectivity index (χ4n) is 3.75. The van der Waals surface area contributed by atoms with Crippen molar-refractivity contribution in [1.29, 1.82) is 0 Å². The Bertz CT molecular complexity index is 561. The minimum Gasteiger partial charge on any atom is -0.496 e.